The summed E-state index contributed by atoms with van der Waals surface area (Å²) in [7, 11) is 1.57. The molecule has 2 aliphatic rings. The van der Waals surface area contributed by atoms with E-state index in [0.29, 0.717) is 17.7 Å². The Balaban J connectivity index is 0.000000169. The molecule has 5 rings (SSSR count). The van der Waals surface area contributed by atoms with Crippen LogP contribution in [0.1, 0.15) is 43.7 Å². The largest absolute Gasteiger partial charge is 0.497 e. The lowest BCUT2D eigenvalue weighted by atomic mass is 9.98. The molecular formula is C29H33FO4. The number of halogens is 1. The summed E-state index contributed by atoms with van der Waals surface area (Å²) in [6.07, 6.45) is 7.19. The number of methoxy groups -OCH3 is 1. The summed E-state index contributed by atoms with van der Waals surface area (Å²) < 4.78 is 24.2. The van der Waals surface area contributed by atoms with Crippen LogP contribution in [0.2, 0.25) is 0 Å². The van der Waals surface area contributed by atoms with Gasteiger partial charge in [0.2, 0.25) is 0 Å². The summed E-state index contributed by atoms with van der Waals surface area (Å²) in [6.45, 7) is 2.49. The van der Waals surface area contributed by atoms with E-state index in [1.165, 1.54) is 30.9 Å². The summed E-state index contributed by atoms with van der Waals surface area (Å²) in [5.74, 6) is 0.263. The van der Waals surface area contributed by atoms with Gasteiger partial charge >= 0.3 is 5.97 Å². The molecule has 180 valence electrons. The Kier molecular flexibility index (Phi) is 9.51. The summed E-state index contributed by atoms with van der Waals surface area (Å²) in [5, 5.41) is 8.85. The fourth-order valence-corrected chi connectivity index (χ4v) is 3.42. The van der Waals surface area contributed by atoms with Crippen molar-refractivity contribution in [3.05, 3.63) is 83.7 Å². The second-order valence-electron chi connectivity index (χ2n) is 8.61. The van der Waals surface area contributed by atoms with Crippen molar-refractivity contribution in [2.45, 2.75) is 45.4 Å². The lowest BCUT2D eigenvalue weighted by Gasteiger charge is -2.18. The third-order valence-corrected chi connectivity index (χ3v) is 5.55. The van der Waals surface area contributed by atoms with Crippen LogP contribution in [0.5, 0.6) is 11.5 Å². The lowest BCUT2D eigenvalue weighted by molar-refractivity contribution is -0.141. The summed E-state index contributed by atoms with van der Waals surface area (Å²) in [5.41, 5.74) is 3.69. The predicted octanol–water partition coefficient (Wildman–Crippen LogP) is 6.95. The van der Waals surface area contributed by atoms with Gasteiger partial charge in [-0.3, -0.25) is 4.79 Å². The van der Waals surface area contributed by atoms with Crippen molar-refractivity contribution in [1.29, 1.82) is 0 Å². The van der Waals surface area contributed by atoms with Crippen LogP contribution in [0, 0.1) is 11.7 Å². The van der Waals surface area contributed by atoms with E-state index in [-0.39, 0.29) is 11.7 Å². The molecule has 0 amide bonds. The Morgan fingerprint density at radius 2 is 1.76 bits per heavy atom. The molecule has 1 aliphatic heterocycles. The number of aryl methyl sites for hydroxylation is 1. The molecule has 1 aliphatic carbocycles. The Bertz CT molecular complexity index is 1060. The number of fused-ring (bicyclic) bond motifs is 1. The van der Waals surface area contributed by atoms with E-state index >= 15 is 0 Å². The lowest BCUT2D eigenvalue weighted by Crippen LogP contribution is -2.13. The molecule has 0 spiro atoms. The van der Waals surface area contributed by atoms with Crippen LogP contribution in [-0.4, -0.2) is 24.8 Å². The van der Waals surface area contributed by atoms with Crippen molar-refractivity contribution in [2.75, 3.05) is 13.7 Å². The Morgan fingerprint density at radius 1 is 1.03 bits per heavy atom. The van der Waals surface area contributed by atoms with Crippen molar-refractivity contribution < 1.29 is 23.8 Å². The number of aliphatic carboxylic acids is 1. The summed E-state index contributed by atoms with van der Waals surface area (Å²) >= 11 is 0. The maximum atomic E-state index is 13.5. The minimum atomic E-state index is -0.751. The molecule has 1 heterocycles. The highest BCUT2D eigenvalue weighted by Crippen LogP contribution is 2.27. The molecule has 1 saturated carbocycles. The van der Waals surface area contributed by atoms with Gasteiger partial charge in [-0.2, -0.15) is 0 Å². The van der Waals surface area contributed by atoms with Gasteiger partial charge in [0.15, 0.2) is 0 Å². The number of benzene rings is 3. The van der Waals surface area contributed by atoms with E-state index in [4.69, 9.17) is 14.6 Å². The molecule has 0 aromatic heterocycles. The first-order chi connectivity index (χ1) is 16.5. The summed E-state index contributed by atoms with van der Waals surface area (Å²) in [6, 6.07) is 20.2. The molecule has 1 fully saturated rings. The molecule has 3 aromatic rings. The Morgan fingerprint density at radius 3 is 2.41 bits per heavy atom. The number of rotatable bonds is 5. The molecule has 34 heavy (non-hydrogen) atoms. The van der Waals surface area contributed by atoms with Crippen molar-refractivity contribution in [2.24, 2.45) is 5.92 Å². The van der Waals surface area contributed by atoms with Crippen LogP contribution in [0.3, 0.4) is 0 Å². The topological polar surface area (TPSA) is 55.8 Å². The van der Waals surface area contributed by atoms with Gasteiger partial charge in [-0.25, -0.2) is 4.39 Å². The van der Waals surface area contributed by atoms with Crippen molar-refractivity contribution >= 4 is 5.97 Å². The highest BCUT2D eigenvalue weighted by Gasteiger charge is 2.15. The van der Waals surface area contributed by atoms with Crippen LogP contribution >= 0.6 is 0 Å². The molecule has 4 nitrogen and oxygen atoms in total. The minimum Gasteiger partial charge on any atom is -0.497 e. The van der Waals surface area contributed by atoms with E-state index in [1.807, 2.05) is 42.5 Å². The fraction of sp³-hybridized carbons (Fsp3) is 0.345. The van der Waals surface area contributed by atoms with Crippen LogP contribution in [0.4, 0.5) is 4.39 Å². The Hall–Kier alpha value is -3.34. The van der Waals surface area contributed by atoms with Gasteiger partial charge in [0, 0.05) is 5.56 Å². The van der Waals surface area contributed by atoms with Gasteiger partial charge in [-0.15, -0.1) is 0 Å². The fourth-order valence-electron chi connectivity index (χ4n) is 3.42. The first-order valence-electron chi connectivity index (χ1n) is 11.8. The van der Waals surface area contributed by atoms with E-state index in [1.54, 1.807) is 26.2 Å². The highest BCUT2D eigenvalue weighted by molar-refractivity contribution is 5.70. The average molecular weight is 465 g/mol. The van der Waals surface area contributed by atoms with E-state index in [9.17, 15) is 9.18 Å². The number of carboxylic acid groups (broad SMARTS) is 1. The van der Waals surface area contributed by atoms with Gasteiger partial charge in [-0.05, 0) is 60.2 Å². The van der Waals surface area contributed by atoms with Crippen molar-refractivity contribution in [3.8, 4) is 22.6 Å². The molecule has 0 bridgehead atoms. The molecule has 1 atom stereocenters. The van der Waals surface area contributed by atoms with Crippen molar-refractivity contribution in [1.82, 2.24) is 0 Å². The number of ether oxygens (including phenoxy) is 2. The van der Waals surface area contributed by atoms with Gasteiger partial charge in [0.05, 0.1) is 19.6 Å². The van der Waals surface area contributed by atoms with E-state index in [2.05, 4.69) is 6.07 Å². The van der Waals surface area contributed by atoms with Crippen LogP contribution < -0.4 is 9.47 Å². The number of hydrogen-bond donors (Lipinski definition) is 1. The average Bonchev–Trinajstić information content (AvgIpc) is 3.75. The van der Waals surface area contributed by atoms with E-state index in [0.717, 1.165) is 36.3 Å². The van der Waals surface area contributed by atoms with Gasteiger partial charge in [0.1, 0.15) is 17.3 Å². The Labute approximate surface area is 201 Å². The minimum absolute atomic E-state index is 0.234. The normalized spacial score (nSPS) is 14.1. The molecule has 5 heteroatoms. The SMILES string of the molecule is C1CC1.CC(Cc1ccc2c(c1)OCCC2)C(=O)O.COc1ccc(F)c(-c2ccccc2)c1. The predicted molar refractivity (Wildman–Crippen MR) is 133 cm³/mol. The number of hydrogen-bond acceptors (Lipinski definition) is 3. The maximum Gasteiger partial charge on any atom is 0.306 e. The molecule has 0 saturated heterocycles. The third-order valence-electron chi connectivity index (χ3n) is 5.55. The summed E-state index contributed by atoms with van der Waals surface area (Å²) in [4.78, 5) is 10.8. The standard InChI is InChI=1S/C13H11FO.C13H16O3.C3H6/c1-15-11-7-8-13(14)12(9-11)10-5-3-2-4-6-10;1-9(13(14)15)7-10-4-5-11-3-2-6-16-12(11)8-10;1-2-3-1/h2-9H,1H3;4-5,8-9H,2-3,6-7H2,1H3,(H,14,15);1-3H2. The third kappa shape index (κ3) is 7.91. The molecule has 1 unspecified atom stereocenters. The molecule has 0 radical (unpaired) electrons. The number of carbonyl (C=O) groups is 1. The second kappa shape index (κ2) is 12.8. The van der Waals surface area contributed by atoms with Crippen LogP contribution in [0.25, 0.3) is 11.1 Å². The monoisotopic (exact) mass is 464 g/mol. The molecule has 3 aromatic carbocycles. The molecule has 1 N–H and O–H groups in total. The van der Waals surface area contributed by atoms with Crippen LogP contribution in [0.15, 0.2) is 66.7 Å². The molecular weight excluding hydrogens is 431 g/mol. The zero-order valence-corrected chi connectivity index (χ0v) is 19.9. The van der Waals surface area contributed by atoms with Gasteiger partial charge in [0.25, 0.3) is 0 Å². The first kappa shape index (κ1) is 25.3. The zero-order valence-electron chi connectivity index (χ0n) is 19.9. The second-order valence-corrected chi connectivity index (χ2v) is 8.61. The highest BCUT2D eigenvalue weighted by atomic mass is 19.1. The van der Waals surface area contributed by atoms with E-state index < -0.39 is 5.97 Å². The van der Waals surface area contributed by atoms with Crippen molar-refractivity contribution in [3.63, 3.8) is 0 Å². The van der Waals surface area contributed by atoms with Gasteiger partial charge in [-0.1, -0.05) is 68.7 Å². The van der Waals surface area contributed by atoms with Gasteiger partial charge < -0.3 is 14.6 Å². The smallest absolute Gasteiger partial charge is 0.306 e. The van der Waals surface area contributed by atoms with Crippen LogP contribution in [-0.2, 0) is 17.6 Å². The zero-order chi connectivity index (χ0) is 24.3. The number of carboxylic acids is 1. The maximum absolute atomic E-state index is 13.5. The quantitative estimate of drug-likeness (QED) is 0.444. The first-order valence-corrected chi connectivity index (χ1v) is 11.8.